The number of nitrogens with zero attached hydrogens (tertiary/aromatic N) is 1. The van der Waals surface area contributed by atoms with Gasteiger partial charge in [-0.25, -0.2) is 4.98 Å². The average molecular weight is 420 g/mol. The van der Waals surface area contributed by atoms with E-state index in [1.54, 1.807) is 0 Å². The van der Waals surface area contributed by atoms with E-state index in [9.17, 15) is 4.79 Å². The van der Waals surface area contributed by atoms with Gasteiger partial charge < -0.3 is 4.74 Å². The standard InChI is InChI=1S/C26H29NO2S/c1-15-8-12-18(13-9-15)23-22(20(26(28)29-3)14-17-10-11-17)16(2)27-25-24(23)19-6-4-5-7-21(19)30-25/h8-9,12-13,17,20H,4-7,10-11,14H2,1-3H3. The molecule has 0 N–H and O–H groups in total. The van der Waals surface area contributed by atoms with E-state index in [1.165, 1.54) is 65.3 Å². The van der Waals surface area contributed by atoms with Gasteiger partial charge in [0.2, 0.25) is 0 Å². The second-order valence-corrected chi connectivity index (χ2v) is 10.1. The molecule has 1 aromatic carbocycles. The number of carbonyl (C=O) groups is 1. The lowest BCUT2D eigenvalue weighted by atomic mass is 9.83. The highest BCUT2D eigenvalue weighted by Gasteiger charge is 2.35. The summed E-state index contributed by atoms with van der Waals surface area (Å²) in [5.41, 5.74) is 7.22. The summed E-state index contributed by atoms with van der Waals surface area (Å²) in [6.45, 7) is 4.20. The molecule has 2 aliphatic rings. The number of ether oxygens (including phenoxy) is 1. The van der Waals surface area contributed by atoms with Crippen LogP contribution in [0.3, 0.4) is 0 Å². The van der Waals surface area contributed by atoms with E-state index in [4.69, 9.17) is 9.72 Å². The summed E-state index contributed by atoms with van der Waals surface area (Å²) < 4.78 is 5.30. The molecule has 1 fully saturated rings. The fraction of sp³-hybridized carbons (Fsp3) is 0.462. The normalized spacial score (nSPS) is 17.0. The van der Waals surface area contributed by atoms with Crippen molar-refractivity contribution in [1.29, 1.82) is 0 Å². The van der Waals surface area contributed by atoms with Gasteiger partial charge in [0, 0.05) is 16.0 Å². The number of esters is 1. The molecule has 156 valence electrons. The summed E-state index contributed by atoms with van der Waals surface area (Å²) in [5.74, 6) is 0.268. The van der Waals surface area contributed by atoms with Crippen LogP contribution in [-0.2, 0) is 22.4 Å². The van der Waals surface area contributed by atoms with Crippen molar-refractivity contribution in [3.05, 3.63) is 51.5 Å². The lowest BCUT2D eigenvalue weighted by Crippen LogP contribution is -2.18. The number of rotatable bonds is 5. The molecule has 30 heavy (non-hydrogen) atoms. The van der Waals surface area contributed by atoms with Crippen molar-refractivity contribution in [2.75, 3.05) is 7.11 Å². The van der Waals surface area contributed by atoms with Crippen molar-refractivity contribution in [3.63, 3.8) is 0 Å². The van der Waals surface area contributed by atoms with E-state index >= 15 is 0 Å². The molecule has 0 spiro atoms. The summed E-state index contributed by atoms with van der Waals surface area (Å²) in [6.07, 6.45) is 8.07. The highest BCUT2D eigenvalue weighted by atomic mass is 32.1. The number of aryl methyl sites for hydroxylation is 4. The minimum absolute atomic E-state index is 0.122. The van der Waals surface area contributed by atoms with Crippen molar-refractivity contribution in [2.24, 2.45) is 5.92 Å². The van der Waals surface area contributed by atoms with Crippen LogP contribution in [0.4, 0.5) is 0 Å². The molecule has 0 amide bonds. The minimum atomic E-state index is -0.241. The van der Waals surface area contributed by atoms with Crippen molar-refractivity contribution in [2.45, 2.75) is 64.7 Å². The Bertz CT molecular complexity index is 1110. The Morgan fingerprint density at radius 2 is 1.90 bits per heavy atom. The van der Waals surface area contributed by atoms with Crippen molar-refractivity contribution in [1.82, 2.24) is 4.98 Å². The predicted octanol–water partition coefficient (Wildman–Crippen LogP) is 6.52. The topological polar surface area (TPSA) is 39.2 Å². The Morgan fingerprint density at radius 3 is 2.60 bits per heavy atom. The molecule has 2 heterocycles. The zero-order valence-corrected chi connectivity index (χ0v) is 18.9. The maximum Gasteiger partial charge on any atom is 0.313 e. The number of hydrogen-bond donors (Lipinski definition) is 0. The predicted molar refractivity (Wildman–Crippen MR) is 123 cm³/mol. The summed E-state index contributed by atoms with van der Waals surface area (Å²) in [6, 6.07) is 8.78. The van der Waals surface area contributed by atoms with Crippen molar-refractivity contribution >= 4 is 27.5 Å². The molecule has 0 aliphatic heterocycles. The third kappa shape index (κ3) is 3.45. The zero-order valence-electron chi connectivity index (χ0n) is 18.1. The van der Waals surface area contributed by atoms with Crippen LogP contribution in [0.2, 0.25) is 0 Å². The smallest absolute Gasteiger partial charge is 0.313 e. The largest absolute Gasteiger partial charge is 0.469 e. The Hall–Kier alpha value is -2.20. The molecule has 1 saturated carbocycles. The van der Waals surface area contributed by atoms with Gasteiger partial charge in [-0.15, -0.1) is 11.3 Å². The molecule has 3 aromatic rings. The monoisotopic (exact) mass is 419 g/mol. The molecule has 2 aromatic heterocycles. The number of methoxy groups -OCH3 is 1. The molecule has 0 radical (unpaired) electrons. The van der Waals surface area contributed by atoms with Crippen LogP contribution in [0.15, 0.2) is 24.3 Å². The lowest BCUT2D eigenvalue weighted by molar-refractivity contribution is -0.142. The van der Waals surface area contributed by atoms with Crippen molar-refractivity contribution < 1.29 is 9.53 Å². The van der Waals surface area contributed by atoms with Gasteiger partial charge in [-0.1, -0.05) is 42.7 Å². The summed E-state index contributed by atoms with van der Waals surface area (Å²) in [7, 11) is 1.52. The average Bonchev–Trinajstić information content (AvgIpc) is 3.50. The van der Waals surface area contributed by atoms with E-state index in [0.29, 0.717) is 5.92 Å². The Balaban J connectivity index is 1.82. The Kier molecular flexibility index (Phi) is 5.14. The quantitative estimate of drug-likeness (QED) is 0.442. The van der Waals surface area contributed by atoms with E-state index in [1.807, 2.05) is 11.3 Å². The molecule has 2 aliphatic carbocycles. The van der Waals surface area contributed by atoms with Gasteiger partial charge in [-0.2, -0.15) is 0 Å². The van der Waals surface area contributed by atoms with E-state index in [0.717, 1.165) is 35.4 Å². The highest BCUT2D eigenvalue weighted by Crippen LogP contribution is 2.47. The summed E-state index contributed by atoms with van der Waals surface area (Å²) >= 11 is 1.86. The van der Waals surface area contributed by atoms with Crippen LogP contribution in [0.25, 0.3) is 21.3 Å². The third-order valence-electron chi connectivity index (χ3n) is 6.77. The van der Waals surface area contributed by atoms with Crippen LogP contribution in [0, 0.1) is 19.8 Å². The van der Waals surface area contributed by atoms with Gasteiger partial charge in [0.15, 0.2) is 0 Å². The maximum absolute atomic E-state index is 13.0. The number of pyridine rings is 1. The number of carbonyl (C=O) groups excluding carboxylic acids is 1. The van der Waals surface area contributed by atoms with Crippen LogP contribution in [0.5, 0.6) is 0 Å². The van der Waals surface area contributed by atoms with Gasteiger partial charge in [0.1, 0.15) is 4.83 Å². The Morgan fingerprint density at radius 1 is 1.17 bits per heavy atom. The molecule has 0 saturated heterocycles. The second-order valence-electron chi connectivity index (χ2n) is 9.00. The molecule has 3 nitrogen and oxygen atoms in total. The number of aromatic nitrogens is 1. The fourth-order valence-electron chi connectivity index (χ4n) is 5.02. The first kappa shape index (κ1) is 19.7. The van der Waals surface area contributed by atoms with Gasteiger partial charge in [-0.3, -0.25) is 4.79 Å². The zero-order chi connectivity index (χ0) is 20.8. The lowest BCUT2D eigenvalue weighted by Gasteiger charge is -2.22. The first-order valence-corrected chi connectivity index (χ1v) is 12.0. The van der Waals surface area contributed by atoms with Crippen LogP contribution in [0.1, 0.15) is 65.3 Å². The number of hydrogen-bond acceptors (Lipinski definition) is 4. The molecule has 1 atom stereocenters. The number of fused-ring (bicyclic) bond motifs is 3. The fourth-order valence-corrected chi connectivity index (χ4v) is 6.34. The van der Waals surface area contributed by atoms with Crippen LogP contribution < -0.4 is 0 Å². The molecular formula is C26H29NO2S. The highest BCUT2D eigenvalue weighted by molar-refractivity contribution is 7.19. The van der Waals surface area contributed by atoms with E-state index in [-0.39, 0.29) is 11.9 Å². The van der Waals surface area contributed by atoms with Gasteiger partial charge >= 0.3 is 5.97 Å². The van der Waals surface area contributed by atoms with E-state index in [2.05, 4.69) is 38.1 Å². The van der Waals surface area contributed by atoms with Gasteiger partial charge in [-0.05, 0) is 74.1 Å². The number of benzene rings is 1. The number of thiophene rings is 1. The first-order valence-electron chi connectivity index (χ1n) is 11.2. The SMILES string of the molecule is COC(=O)C(CC1CC1)c1c(C)nc2sc3c(c2c1-c1ccc(C)cc1)CCCC3. The van der Waals surface area contributed by atoms with Crippen LogP contribution >= 0.6 is 11.3 Å². The maximum atomic E-state index is 13.0. The minimum Gasteiger partial charge on any atom is -0.469 e. The molecule has 1 unspecified atom stereocenters. The van der Waals surface area contributed by atoms with Gasteiger partial charge in [0.05, 0.1) is 13.0 Å². The summed E-state index contributed by atoms with van der Waals surface area (Å²) in [4.78, 5) is 20.7. The Labute approximate surface area is 182 Å². The molecule has 4 heteroatoms. The first-order chi connectivity index (χ1) is 14.6. The third-order valence-corrected chi connectivity index (χ3v) is 7.96. The molecule has 0 bridgehead atoms. The second kappa shape index (κ2) is 7.81. The van der Waals surface area contributed by atoms with Crippen molar-refractivity contribution in [3.8, 4) is 11.1 Å². The van der Waals surface area contributed by atoms with Crippen LogP contribution in [-0.4, -0.2) is 18.1 Å². The molecular weight excluding hydrogens is 390 g/mol. The molecule has 5 rings (SSSR count). The van der Waals surface area contributed by atoms with Gasteiger partial charge in [0.25, 0.3) is 0 Å². The summed E-state index contributed by atoms with van der Waals surface area (Å²) in [5, 5.41) is 1.30. The van der Waals surface area contributed by atoms with E-state index < -0.39 is 0 Å².